The van der Waals surface area contributed by atoms with Crippen LogP contribution in [-0.2, 0) is 0 Å². The van der Waals surface area contributed by atoms with Gasteiger partial charge in [-0.3, -0.25) is 0 Å². The SMILES string of the molecule is O=C(n1nc(-c2ccccc2)oc1=O)n1nc(-c2ccccc2)oc1=O. The smallest absolute Gasteiger partial charge is 0.387 e. The Labute approximate surface area is 144 Å². The molecule has 2 aromatic heterocycles. The fourth-order valence-electron chi connectivity index (χ4n) is 2.28. The summed E-state index contributed by atoms with van der Waals surface area (Å²) >= 11 is 0. The molecule has 9 heteroatoms. The van der Waals surface area contributed by atoms with E-state index in [1.54, 1.807) is 60.7 Å². The molecule has 2 heterocycles. The molecule has 0 aliphatic rings. The van der Waals surface area contributed by atoms with Crippen molar-refractivity contribution in [2.24, 2.45) is 0 Å². The number of carbonyl (C=O) groups excluding carboxylic acids is 1. The lowest BCUT2D eigenvalue weighted by atomic mass is 10.2. The monoisotopic (exact) mass is 350 g/mol. The normalized spacial score (nSPS) is 10.8. The molecule has 0 saturated heterocycles. The summed E-state index contributed by atoms with van der Waals surface area (Å²) in [7, 11) is 0. The van der Waals surface area contributed by atoms with Gasteiger partial charge in [0.05, 0.1) is 0 Å². The summed E-state index contributed by atoms with van der Waals surface area (Å²) in [6, 6.07) is 16.0. The average molecular weight is 350 g/mol. The zero-order chi connectivity index (χ0) is 18.1. The van der Waals surface area contributed by atoms with E-state index >= 15 is 0 Å². The Morgan fingerprint density at radius 2 is 1.08 bits per heavy atom. The van der Waals surface area contributed by atoms with Crippen LogP contribution in [0.25, 0.3) is 22.9 Å². The molecule has 0 amide bonds. The van der Waals surface area contributed by atoms with E-state index < -0.39 is 17.5 Å². The molecule has 0 radical (unpaired) electrons. The average Bonchev–Trinajstić information content (AvgIpc) is 3.26. The number of hydrogen-bond acceptors (Lipinski definition) is 7. The number of carbonyl (C=O) groups is 1. The highest BCUT2D eigenvalue weighted by molar-refractivity contribution is 5.77. The standard InChI is InChI=1S/C17H10N4O5/c22-15(20-16(23)25-13(18-20)11-7-3-1-4-8-11)21-17(24)26-14(19-21)12-9-5-2-6-10-12/h1-10H. The van der Waals surface area contributed by atoms with Gasteiger partial charge in [-0.25, -0.2) is 14.4 Å². The zero-order valence-corrected chi connectivity index (χ0v) is 13.1. The number of benzene rings is 2. The van der Waals surface area contributed by atoms with Crippen LogP contribution in [0.15, 0.2) is 79.1 Å². The summed E-state index contributed by atoms with van der Waals surface area (Å²) in [6.07, 6.45) is 0. The van der Waals surface area contributed by atoms with Crippen LogP contribution in [-0.4, -0.2) is 25.6 Å². The molecule has 0 bridgehead atoms. The highest BCUT2D eigenvalue weighted by atomic mass is 16.4. The molecule has 0 aliphatic heterocycles. The second-order valence-corrected chi connectivity index (χ2v) is 5.18. The summed E-state index contributed by atoms with van der Waals surface area (Å²) in [6.45, 7) is 0. The predicted octanol–water partition coefficient (Wildman–Crippen LogP) is 1.84. The number of hydrogen-bond donors (Lipinski definition) is 0. The van der Waals surface area contributed by atoms with Gasteiger partial charge in [0.25, 0.3) is 0 Å². The third kappa shape index (κ3) is 2.67. The number of aromatic nitrogens is 4. The Morgan fingerprint density at radius 1 is 0.692 bits per heavy atom. The lowest BCUT2D eigenvalue weighted by Gasteiger charge is -1.94. The minimum Gasteiger partial charge on any atom is -0.387 e. The van der Waals surface area contributed by atoms with E-state index in [0.717, 1.165) is 0 Å². The van der Waals surface area contributed by atoms with E-state index in [2.05, 4.69) is 10.2 Å². The molecule has 26 heavy (non-hydrogen) atoms. The topological polar surface area (TPSA) is 113 Å². The zero-order valence-electron chi connectivity index (χ0n) is 13.1. The summed E-state index contributed by atoms with van der Waals surface area (Å²) in [4.78, 5) is 36.4. The Balaban J connectivity index is 1.73. The Hall–Kier alpha value is -4.01. The minimum absolute atomic E-state index is 0.0521. The van der Waals surface area contributed by atoms with Gasteiger partial charge < -0.3 is 8.83 Å². The maximum atomic E-state index is 12.5. The van der Waals surface area contributed by atoms with Gasteiger partial charge in [-0.1, -0.05) is 36.4 Å². The van der Waals surface area contributed by atoms with Crippen molar-refractivity contribution in [2.75, 3.05) is 0 Å². The van der Waals surface area contributed by atoms with Crippen LogP contribution in [0.3, 0.4) is 0 Å². The maximum absolute atomic E-state index is 12.5. The van der Waals surface area contributed by atoms with Crippen LogP contribution in [0.1, 0.15) is 0 Å². The van der Waals surface area contributed by atoms with Crippen LogP contribution in [0.5, 0.6) is 0 Å². The first-order chi connectivity index (χ1) is 12.6. The second kappa shape index (κ2) is 6.13. The summed E-state index contributed by atoms with van der Waals surface area (Å²) in [5.74, 6) is -2.18. The molecule has 0 atom stereocenters. The highest BCUT2D eigenvalue weighted by Crippen LogP contribution is 2.15. The van der Waals surface area contributed by atoms with Gasteiger partial charge in [-0.2, -0.15) is 0 Å². The quantitative estimate of drug-likeness (QED) is 0.542. The summed E-state index contributed by atoms with van der Waals surface area (Å²) < 4.78 is 10.8. The molecule has 0 aliphatic carbocycles. The van der Waals surface area contributed by atoms with Crippen LogP contribution >= 0.6 is 0 Å². The second-order valence-electron chi connectivity index (χ2n) is 5.18. The van der Waals surface area contributed by atoms with E-state index in [1.807, 2.05) is 0 Å². The molecule has 9 nitrogen and oxygen atoms in total. The van der Waals surface area contributed by atoms with E-state index in [0.29, 0.717) is 20.5 Å². The van der Waals surface area contributed by atoms with Crippen molar-refractivity contribution < 1.29 is 13.6 Å². The molecule has 0 unspecified atom stereocenters. The fourth-order valence-corrected chi connectivity index (χ4v) is 2.28. The van der Waals surface area contributed by atoms with Gasteiger partial charge in [-0.05, 0) is 24.3 Å². The van der Waals surface area contributed by atoms with Crippen molar-refractivity contribution in [1.29, 1.82) is 0 Å². The molecular formula is C17H10N4O5. The Kier molecular flexibility index (Phi) is 3.66. The minimum atomic E-state index is -1.10. The van der Waals surface area contributed by atoms with Crippen molar-refractivity contribution in [2.45, 2.75) is 0 Å². The molecule has 0 N–H and O–H groups in total. The van der Waals surface area contributed by atoms with Crippen LogP contribution in [0, 0.1) is 0 Å². The van der Waals surface area contributed by atoms with Crippen molar-refractivity contribution in [3.8, 4) is 22.9 Å². The predicted molar refractivity (Wildman–Crippen MR) is 88.6 cm³/mol. The van der Waals surface area contributed by atoms with E-state index in [-0.39, 0.29) is 11.8 Å². The summed E-state index contributed by atoms with van der Waals surface area (Å²) in [5.41, 5.74) is 1.02. The molecular weight excluding hydrogens is 340 g/mol. The van der Waals surface area contributed by atoms with E-state index in [1.165, 1.54) is 0 Å². The third-order valence-corrected chi connectivity index (χ3v) is 3.50. The first-order valence-electron chi connectivity index (χ1n) is 7.49. The Morgan fingerprint density at radius 3 is 1.46 bits per heavy atom. The highest BCUT2D eigenvalue weighted by Gasteiger charge is 2.23. The van der Waals surface area contributed by atoms with Crippen molar-refractivity contribution in [3.05, 3.63) is 81.8 Å². The molecule has 4 aromatic rings. The lowest BCUT2D eigenvalue weighted by Crippen LogP contribution is -2.35. The first kappa shape index (κ1) is 15.5. The largest absolute Gasteiger partial charge is 0.446 e. The number of nitrogens with zero attached hydrogens (tertiary/aromatic N) is 4. The van der Waals surface area contributed by atoms with Crippen LogP contribution in [0.4, 0.5) is 4.79 Å². The van der Waals surface area contributed by atoms with Crippen LogP contribution < -0.4 is 11.5 Å². The maximum Gasteiger partial charge on any atom is 0.446 e. The van der Waals surface area contributed by atoms with Gasteiger partial charge in [0.15, 0.2) is 0 Å². The van der Waals surface area contributed by atoms with Gasteiger partial charge in [-0.15, -0.1) is 19.6 Å². The fraction of sp³-hybridized carbons (Fsp3) is 0. The molecule has 2 aromatic carbocycles. The molecule has 0 fully saturated rings. The molecule has 4 rings (SSSR count). The molecule has 128 valence electrons. The Bertz CT molecular complexity index is 1090. The summed E-state index contributed by atoms with van der Waals surface area (Å²) in [5, 5.41) is 7.65. The molecule has 0 spiro atoms. The third-order valence-electron chi connectivity index (χ3n) is 3.50. The van der Waals surface area contributed by atoms with Crippen molar-refractivity contribution in [3.63, 3.8) is 0 Å². The van der Waals surface area contributed by atoms with Crippen molar-refractivity contribution >= 4 is 6.03 Å². The van der Waals surface area contributed by atoms with Gasteiger partial charge in [0, 0.05) is 11.1 Å². The van der Waals surface area contributed by atoms with Crippen molar-refractivity contribution in [1.82, 2.24) is 19.6 Å². The van der Waals surface area contributed by atoms with Gasteiger partial charge in [0.1, 0.15) is 0 Å². The van der Waals surface area contributed by atoms with E-state index in [9.17, 15) is 14.4 Å². The lowest BCUT2D eigenvalue weighted by molar-refractivity contribution is 0.234. The van der Waals surface area contributed by atoms with Gasteiger partial charge in [0.2, 0.25) is 11.8 Å². The first-order valence-corrected chi connectivity index (χ1v) is 7.49. The van der Waals surface area contributed by atoms with E-state index in [4.69, 9.17) is 8.83 Å². The van der Waals surface area contributed by atoms with Gasteiger partial charge >= 0.3 is 17.5 Å². The van der Waals surface area contributed by atoms with Crippen LogP contribution in [0.2, 0.25) is 0 Å². The molecule has 0 saturated carbocycles. The number of rotatable bonds is 2.